The van der Waals surface area contributed by atoms with Crippen LogP contribution in [0.2, 0.25) is 0 Å². The number of hydrogen-bond donors (Lipinski definition) is 2. The lowest BCUT2D eigenvalue weighted by Gasteiger charge is -2.18. The van der Waals surface area contributed by atoms with Gasteiger partial charge in [-0.25, -0.2) is 8.42 Å². The van der Waals surface area contributed by atoms with Crippen LogP contribution in [0.4, 0.5) is 5.69 Å². The third-order valence-corrected chi connectivity index (χ3v) is 7.86. The van der Waals surface area contributed by atoms with E-state index < -0.39 is 22.0 Å². The molecule has 0 fully saturated rings. The van der Waals surface area contributed by atoms with Crippen molar-refractivity contribution in [1.29, 1.82) is 0 Å². The highest BCUT2D eigenvalue weighted by molar-refractivity contribution is 9.11. The standard InChI is InChI=1S/C21H19BrN2O4S2/c1-14(25)16-7-9-17(10-8-16)23-21(26)18(13-15-5-3-2-4-6-15)24-30(27,28)20-12-11-19(22)29-20/h2-12,18,24H,13H2,1H3,(H,23,26)/t18-/m0/s1. The Labute approximate surface area is 187 Å². The van der Waals surface area contributed by atoms with Crippen molar-refractivity contribution < 1.29 is 18.0 Å². The molecule has 3 aromatic rings. The number of benzene rings is 2. The zero-order chi connectivity index (χ0) is 21.7. The first-order valence-corrected chi connectivity index (χ1v) is 12.1. The quantitative estimate of drug-likeness (QED) is 0.446. The largest absolute Gasteiger partial charge is 0.325 e. The van der Waals surface area contributed by atoms with E-state index in [0.717, 1.165) is 16.9 Å². The second kappa shape index (κ2) is 9.65. The van der Waals surface area contributed by atoms with Crippen LogP contribution < -0.4 is 10.0 Å². The van der Waals surface area contributed by atoms with Gasteiger partial charge in [0.05, 0.1) is 3.79 Å². The molecule has 0 aliphatic carbocycles. The first-order chi connectivity index (χ1) is 14.2. The van der Waals surface area contributed by atoms with Crippen LogP contribution >= 0.6 is 27.3 Å². The number of thiophene rings is 1. The fraction of sp³-hybridized carbons (Fsp3) is 0.143. The molecular formula is C21H19BrN2O4S2. The van der Waals surface area contributed by atoms with Crippen LogP contribution in [0.25, 0.3) is 0 Å². The van der Waals surface area contributed by atoms with Crippen LogP contribution in [0.5, 0.6) is 0 Å². The number of carbonyl (C=O) groups excluding carboxylic acids is 2. The Kier molecular flexibility index (Phi) is 7.19. The number of anilines is 1. The minimum absolute atomic E-state index is 0.0790. The number of sulfonamides is 1. The average Bonchev–Trinajstić information content (AvgIpc) is 3.16. The Morgan fingerprint density at radius 3 is 2.23 bits per heavy atom. The van der Waals surface area contributed by atoms with Gasteiger partial charge in [-0.15, -0.1) is 11.3 Å². The third kappa shape index (κ3) is 5.85. The van der Waals surface area contributed by atoms with Crippen molar-refractivity contribution in [3.63, 3.8) is 0 Å². The first-order valence-electron chi connectivity index (χ1n) is 8.98. The maximum absolute atomic E-state index is 12.9. The highest BCUT2D eigenvalue weighted by Crippen LogP contribution is 2.26. The summed E-state index contributed by atoms with van der Waals surface area (Å²) in [6, 6.07) is 17.7. The van der Waals surface area contributed by atoms with Gasteiger partial charge in [-0.05, 0) is 71.2 Å². The van der Waals surface area contributed by atoms with Gasteiger partial charge in [-0.2, -0.15) is 4.72 Å². The van der Waals surface area contributed by atoms with Crippen molar-refractivity contribution in [1.82, 2.24) is 4.72 Å². The minimum atomic E-state index is -3.88. The normalized spacial score (nSPS) is 12.3. The highest BCUT2D eigenvalue weighted by atomic mass is 79.9. The summed E-state index contributed by atoms with van der Waals surface area (Å²) in [7, 11) is -3.88. The molecule has 0 saturated carbocycles. The molecular weight excluding hydrogens is 488 g/mol. The summed E-state index contributed by atoms with van der Waals surface area (Å²) in [6.07, 6.45) is 0.185. The van der Waals surface area contributed by atoms with E-state index in [1.165, 1.54) is 13.0 Å². The number of carbonyl (C=O) groups is 2. The van der Waals surface area contributed by atoms with Crippen LogP contribution in [0, 0.1) is 0 Å². The average molecular weight is 507 g/mol. The number of ketones is 1. The summed E-state index contributed by atoms with van der Waals surface area (Å²) < 4.78 is 28.9. The van der Waals surface area contributed by atoms with E-state index in [1.807, 2.05) is 30.3 Å². The lowest BCUT2D eigenvalue weighted by atomic mass is 10.1. The lowest BCUT2D eigenvalue weighted by molar-refractivity contribution is -0.117. The summed E-state index contributed by atoms with van der Waals surface area (Å²) >= 11 is 4.32. The van der Waals surface area contributed by atoms with Crippen LogP contribution in [-0.2, 0) is 21.2 Å². The van der Waals surface area contributed by atoms with Crippen molar-refractivity contribution >= 4 is 54.7 Å². The molecule has 1 aromatic heterocycles. The predicted molar refractivity (Wildman–Crippen MR) is 121 cm³/mol. The van der Waals surface area contributed by atoms with Crippen LogP contribution in [-0.4, -0.2) is 26.2 Å². The van der Waals surface area contributed by atoms with Gasteiger partial charge in [0.25, 0.3) is 10.0 Å². The predicted octanol–water partition coefficient (Wildman–Crippen LogP) is 4.24. The summed E-state index contributed by atoms with van der Waals surface area (Å²) in [5, 5.41) is 2.72. The van der Waals surface area contributed by atoms with E-state index >= 15 is 0 Å². The molecule has 0 aliphatic heterocycles. The highest BCUT2D eigenvalue weighted by Gasteiger charge is 2.27. The molecule has 1 amide bonds. The molecule has 2 aromatic carbocycles. The van der Waals surface area contributed by atoms with Gasteiger partial charge in [0.15, 0.2) is 5.78 Å². The summed E-state index contributed by atoms with van der Waals surface area (Å²) in [5.41, 5.74) is 1.82. The van der Waals surface area contributed by atoms with Gasteiger partial charge in [0.1, 0.15) is 10.3 Å². The molecule has 0 spiro atoms. The zero-order valence-electron chi connectivity index (χ0n) is 16.0. The Balaban J connectivity index is 1.82. The summed E-state index contributed by atoms with van der Waals surface area (Å²) in [5.74, 6) is -0.571. The van der Waals surface area contributed by atoms with Crippen molar-refractivity contribution in [2.45, 2.75) is 23.6 Å². The van der Waals surface area contributed by atoms with E-state index in [9.17, 15) is 18.0 Å². The summed E-state index contributed by atoms with van der Waals surface area (Å²) in [4.78, 5) is 24.4. The number of nitrogens with one attached hydrogen (secondary N) is 2. The van der Waals surface area contributed by atoms with Gasteiger partial charge in [-0.3, -0.25) is 9.59 Å². The molecule has 30 heavy (non-hydrogen) atoms. The van der Waals surface area contributed by atoms with Gasteiger partial charge in [0.2, 0.25) is 5.91 Å². The van der Waals surface area contributed by atoms with Crippen molar-refractivity contribution in [2.24, 2.45) is 0 Å². The molecule has 2 N–H and O–H groups in total. The Morgan fingerprint density at radius 2 is 1.67 bits per heavy atom. The molecule has 3 rings (SSSR count). The molecule has 156 valence electrons. The number of amides is 1. The van der Waals surface area contributed by atoms with E-state index in [2.05, 4.69) is 26.0 Å². The molecule has 0 saturated heterocycles. The van der Waals surface area contributed by atoms with Gasteiger partial charge in [-0.1, -0.05) is 30.3 Å². The molecule has 6 nitrogen and oxygen atoms in total. The number of hydrogen-bond acceptors (Lipinski definition) is 5. The SMILES string of the molecule is CC(=O)c1ccc(NC(=O)[C@H](Cc2ccccc2)NS(=O)(=O)c2ccc(Br)s2)cc1. The summed E-state index contributed by atoms with van der Waals surface area (Å²) in [6.45, 7) is 1.46. The molecule has 1 heterocycles. The Hall–Kier alpha value is -2.33. The van der Waals surface area contributed by atoms with Crippen LogP contribution in [0.1, 0.15) is 22.8 Å². The topological polar surface area (TPSA) is 92.3 Å². The Bertz CT molecular complexity index is 1140. The molecule has 0 radical (unpaired) electrons. The van der Waals surface area contributed by atoms with Crippen molar-refractivity contribution in [2.75, 3.05) is 5.32 Å². The van der Waals surface area contributed by atoms with E-state index in [-0.39, 0.29) is 16.4 Å². The molecule has 0 aliphatic rings. The maximum atomic E-state index is 12.9. The fourth-order valence-corrected chi connectivity index (χ4v) is 5.96. The van der Waals surface area contributed by atoms with E-state index in [0.29, 0.717) is 15.0 Å². The number of Topliss-reactive ketones (excluding diaryl/α,β-unsaturated/α-hetero) is 1. The minimum Gasteiger partial charge on any atom is -0.325 e. The van der Waals surface area contributed by atoms with Gasteiger partial charge >= 0.3 is 0 Å². The third-order valence-electron chi connectivity index (χ3n) is 4.27. The molecule has 0 bridgehead atoms. The fourth-order valence-electron chi connectivity index (χ4n) is 2.74. The Morgan fingerprint density at radius 1 is 1.00 bits per heavy atom. The van der Waals surface area contributed by atoms with Crippen molar-refractivity contribution in [3.8, 4) is 0 Å². The van der Waals surface area contributed by atoms with Crippen molar-refractivity contribution in [3.05, 3.63) is 81.6 Å². The molecule has 1 atom stereocenters. The second-order valence-electron chi connectivity index (χ2n) is 6.54. The number of rotatable bonds is 8. The monoisotopic (exact) mass is 506 g/mol. The maximum Gasteiger partial charge on any atom is 0.250 e. The molecule has 9 heteroatoms. The van der Waals surface area contributed by atoms with Gasteiger partial charge < -0.3 is 5.32 Å². The second-order valence-corrected chi connectivity index (χ2v) is 10.9. The van der Waals surface area contributed by atoms with Gasteiger partial charge in [0, 0.05) is 11.3 Å². The number of halogens is 1. The van der Waals surface area contributed by atoms with E-state index in [4.69, 9.17) is 0 Å². The first kappa shape index (κ1) is 22.4. The lowest BCUT2D eigenvalue weighted by Crippen LogP contribution is -2.45. The molecule has 0 unspecified atom stereocenters. The van der Waals surface area contributed by atoms with E-state index in [1.54, 1.807) is 30.3 Å². The van der Waals surface area contributed by atoms with Crippen LogP contribution in [0.3, 0.4) is 0 Å². The smallest absolute Gasteiger partial charge is 0.250 e. The van der Waals surface area contributed by atoms with Crippen LogP contribution in [0.15, 0.2) is 74.7 Å². The zero-order valence-corrected chi connectivity index (χ0v) is 19.2.